The van der Waals surface area contributed by atoms with Crippen LogP contribution < -0.4 is 37.2 Å². The predicted octanol–water partition coefficient (Wildman–Crippen LogP) is 3.97. The second kappa shape index (κ2) is 21.2. The summed E-state index contributed by atoms with van der Waals surface area (Å²) in [5, 5.41) is 19.0. The van der Waals surface area contributed by atoms with E-state index in [4.69, 9.17) is 0 Å². The van der Waals surface area contributed by atoms with Gasteiger partial charge in [0.05, 0.1) is 28.4 Å². The van der Waals surface area contributed by atoms with Gasteiger partial charge in [-0.1, -0.05) is 0 Å². The second-order valence-corrected chi connectivity index (χ2v) is 20.5. The van der Waals surface area contributed by atoms with E-state index in [1.165, 1.54) is 72.5 Å². The summed E-state index contributed by atoms with van der Waals surface area (Å²) in [5.41, 5.74) is 4.96. The highest BCUT2D eigenvalue weighted by molar-refractivity contribution is 6.11. The number of allylic oxidation sites excluding steroid dienone is 2. The topological polar surface area (TPSA) is 329 Å². The number of imidazole rings is 2. The number of anilines is 6. The number of nitrogens with zero attached hydrogens (tertiary/aromatic N) is 9. The van der Waals surface area contributed by atoms with Crippen molar-refractivity contribution in [3.63, 3.8) is 0 Å². The van der Waals surface area contributed by atoms with Crippen LogP contribution in [0.2, 0.25) is 0 Å². The van der Waals surface area contributed by atoms with Gasteiger partial charge in [0.25, 0.3) is 35.4 Å². The summed E-state index contributed by atoms with van der Waals surface area (Å²) < 4.78 is 9.22. The molecule has 8 amide bonds. The minimum absolute atomic E-state index is 0.00494. The van der Waals surface area contributed by atoms with Crippen LogP contribution in [0, 0.1) is 12.8 Å². The SMILES string of the molecule is CC(=O)Nc1cn(C)c(C(=O)Nc2cc(C(=O)Nc3cc(C(=O)NCCCC(=O)Nc4cn(C)c(C(=O)Nc5cc(C(=O)Nc6cc(/C=C/C(=O)N7C[C@H]8C[C@@]89C7=CC(=O)c7[nH]c(C)c(C=O)c79)n(C)c6)n(C)c5)n4)n(C)c3)n(C)c2)n1. The summed E-state index contributed by atoms with van der Waals surface area (Å²) >= 11 is 0. The summed E-state index contributed by atoms with van der Waals surface area (Å²) in [5.74, 6) is -3.50. The summed E-state index contributed by atoms with van der Waals surface area (Å²) in [4.78, 5) is 142. The van der Waals surface area contributed by atoms with Crippen LogP contribution in [0.5, 0.6) is 0 Å². The first-order chi connectivity index (χ1) is 39.0. The fourth-order valence-corrected chi connectivity index (χ4v) is 10.7. The number of fused-ring (bicyclic) bond motifs is 1. The fourth-order valence-electron chi connectivity index (χ4n) is 10.7. The molecular formula is C55H57N17O10. The molecule has 1 saturated heterocycles. The number of piperidine rings is 1. The maximum atomic E-state index is 13.6. The Morgan fingerprint density at radius 3 is 1.72 bits per heavy atom. The molecule has 3 aliphatic rings. The molecule has 2 aliphatic carbocycles. The highest BCUT2D eigenvalue weighted by atomic mass is 16.2. The smallest absolute Gasteiger partial charge is 0.291 e. The first kappa shape index (κ1) is 54.7. The van der Waals surface area contributed by atoms with Crippen molar-refractivity contribution in [1.82, 2.24) is 52.6 Å². The Labute approximate surface area is 466 Å². The van der Waals surface area contributed by atoms with Crippen molar-refractivity contribution in [2.24, 2.45) is 48.2 Å². The first-order valence-electron chi connectivity index (χ1n) is 25.8. The lowest BCUT2D eigenvalue weighted by Gasteiger charge is -2.27. The van der Waals surface area contributed by atoms with E-state index < -0.39 is 40.9 Å². The van der Waals surface area contributed by atoms with Gasteiger partial charge in [-0.05, 0) is 56.0 Å². The Balaban J connectivity index is 0.664. The standard InChI is InChI=1S/C55H57N17O10/c1-28-36(27-73)46-47(57-28)40(75)18-41-55(46)19-30(55)20-72(41)45(77)12-11-35-14-31(21-66(35)3)59-51(79)38-16-33(23-68(38)5)62-54(82)49-65-43(26-71(49)8)63-44(76)10-9-13-56-50(78)37-15-32(22-67(37)4)60-52(80)39-17-34(24-69(39)6)61-53(81)48-64-42(25-70(48)7)58-29(2)74/h11-12,14-18,21-27,30,57H,9-10,13,19-20H2,1-8H3,(H,56,78)(H,58,74)(H,59,79)(H,60,80)(H,61,81)(H,62,82)(H,63,76)/b12-11+/t30-,55+/m1/s1. The lowest BCUT2D eigenvalue weighted by molar-refractivity contribution is -0.124. The number of aromatic amines is 1. The van der Waals surface area contributed by atoms with Crippen LogP contribution >= 0.6 is 0 Å². The van der Waals surface area contributed by atoms with Gasteiger partial charge in [0.1, 0.15) is 17.1 Å². The molecular weight excluding hydrogens is 1060 g/mol. The minimum atomic E-state index is -0.611. The molecule has 1 spiro atoms. The van der Waals surface area contributed by atoms with Crippen LogP contribution in [0.25, 0.3) is 6.08 Å². The largest absolute Gasteiger partial charge is 0.355 e. The number of aromatic nitrogens is 9. The van der Waals surface area contributed by atoms with Crippen LogP contribution in [-0.2, 0) is 62.1 Å². The number of amides is 8. The van der Waals surface area contributed by atoms with Crippen molar-refractivity contribution in [2.45, 2.75) is 38.5 Å². The first-order valence-corrected chi connectivity index (χ1v) is 25.8. The van der Waals surface area contributed by atoms with E-state index in [0.29, 0.717) is 63.2 Å². The van der Waals surface area contributed by atoms with E-state index >= 15 is 0 Å². The Bertz CT molecular complexity index is 3960. The average molecular weight is 1120 g/mol. The highest BCUT2D eigenvalue weighted by Gasteiger charge is 2.68. The van der Waals surface area contributed by atoms with Gasteiger partial charge < -0.3 is 74.5 Å². The van der Waals surface area contributed by atoms with E-state index in [-0.39, 0.29) is 83.3 Å². The second-order valence-electron chi connectivity index (χ2n) is 20.5. The number of carbonyl (C=O) groups is 10. The predicted molar refractivity (Wildman–Crippen MR) is 298 cm³/mol. The van der Waals surface area contributed by atoms with Crippen LogP contribution in [-0.4, -0.2) is 120 Å². The fraction of sp³-hybridized carbons (Fsp3) is 0.273. The number of hydrogen-bond acceptors (Lipinski definition) is 12. The van der Waals surface area contributed by atoms with Gasteiger partial charge >= 0.3 is 0 Å². The number of carbonyl (C=O) groups excluding carboxylic acids is 10. The molecule has 8 N–H and O–H groups in total. The average Bonchev–Trinajstić information content (AvgIpc) is 3.37. The van der Waals surface area contributed by atoms with Crippen LogP contribution in [0.4, 0.5) is 34.4 Å². The van der Waals surface area contributed by atoms with Gasteiger partial charge in [0.15, 0.2) is 17.9 Å². The van der Waals surface area contributed by atoms with Gasteiger partial charge in [-0.15, -0.1) is 0 Å². The van der Waals surface area contributed by atoms with Gasteiger partial charge in [-0.2, -0.15) is 0 Å². The number of H-pyrrole nitrogens is 1. The van der Waals surface area contributed by atoms with E-state index in [1.54, 1.807) is 95.6 Å². The molecule has 82 heavy (non-hydrogen) atoms. The Morgan fingerprint density at radius 1 is 0.659 bits per heavy atom. The molecule has 27 heteroatoms. The molecule has 1 saturated carbocycles. The van der Waals surface area contributed by atoms with Crippen molar-refractivity contribution >= 4 is 99.8 Å². The third-order valence-electron chi connectivity index (χ3n) is 14.6. The molecule has 2 atom stereocenters. The molecule has 422 valence electrons. The zero-order valence-corrected chi connectivity index (χ0v) is 45.8. The monoisotopic (exact) mass is 1120 g/mol. The zero-order chi connectivity index (χ0) is 58.6. The Morgan fingerprint density at radius 2 is 1.17 bits per heavy atom. The van der Waals surface area contributed by atoms with Crippen molar-refractivity contribution in [3.8, 4) is 0 Å². The molecule has 0 unspecified atom stereocenters. The van der Waals surface area contributed by atoms with Crippen molar-refractivity contribution in [2.75, 3.05) is 45.0 Å². The van der Waals surface area contributed by atoms with Gasteiger partial charge in [0, 0.05) is 152 Å². The normalized spacial score (nSPS) is 15.8. The summed E-state index contributed by atoms with van der Waals surface area (Å²) in [7, 11) is 9.85. The third-order valence-corrected chi connectivity index (χ3v) is 14.6. The quantitative estimate of drug-likeness (QED) is 0.0344. The van der Waals surface area contributed by atoms with Crippen LogP contribution in [0.3, 0.4) is 0 Å². The summed E-state index contributed by atoms with van der Waals surface area (Å²) in [6.07, 6.45) is 15.7. The van der Waals surface area contributed by atoms with Gasteiger partial charge in [0.2, 0.25) is 29.2 Å². The zero-order valence-electron chi connectivity index (χ0n) is 45.8. The van der Waals surface area contributed by atoms with E-state index in [2.05, 4.69) is 52.2 Å². The Hall–Kier alpha value is -10.6. The molecule has 7 aromatic rings. The van der Waals surface area contributed by atoms with Gasteiger partial charge in [-0.3, -0.25) is 47.9 Å². The third kappa shape index (κ3) is 10.4. The molecule has 1 aliphatic heterocycles. The number of likely N-dealkylation sites (tertiary alicyclic amines) is 1. The molecule has 8 heterocycles. The lowest BCUT2D eigenvalue weighted by atomic mass is 9.83. The van der Waals surface area contributed by atoms with Crippen molar-refractivity contribution in [3.05, 3.63) is 136 Å². The molecule has 27 nitrogen and oxygen atoms in total. The number of hydrogen-bond donors (Lipinski definition) is 8. The number of rotatable bonds is 18. The van der Waals surface area contributed by atoms with E-state index in [1.807, 2.05) is 0 Å². The number of aldehydes is 1. The summed E-state index contributed by atoms with van der Waals surface area (Å²) in [6, 6.07) is 6.16. The molecule has 10 rings (SSSR count). The van der Waals surface area contributed by atoms with Crippen LogP contribution in [0.15, 0.2) is 79.3 Å². The summed E-state index contributed by atoms with van der Waals surface area (Å²) in [6.45, 7) is 3.64. The Kier molecular flexibility index (Phi) is 14.2. The number of nitrogens with one attached hydrogen (secondary N) is 8. The molecule has 2 fully saturated rings. The maximum Gasteiger partial charge on any atom is 0.291 e. The minimum Gasteiger partial charge on any atom is -0.355 e. The maximum absolute atomic E-state index is 13.6. The lowest BCUT2D eigenvalue weighted by Crippen LogP contribution is -2.32. The molecule has 0 aromatic carbocycles. The van der Waals surface area contributed by atoms with Crippen LogP contribution in [0.1, 0.15) is 117 Å². The molecule has 7 aromatic heterocycles. The molecule has 0 bridgehead atoms. The van der Waals surface area contributed by atoms with Crippen molar-refractivity contribution < 1.29 is 47.9 Å². The number of ketones is 1. The van der Waals surface area contributed by atoms with E-state index in [9.17, 15) is 47.9 Å². The highest BCUT2D eigenvalue weighted by Crippen LogP contribution is 2.67. The van der Waals surface area contributed by atoms with E-state index in [0.717, 1.165) is 12.7 Å². The molecule has 0 radical (unpaired) electrons. The van der Waals surface area contributed by atoms with Crippen molar-refractivity contribution in [1.29, 1.82) is 0 Å². The van der Waals surface area contributed by atoms with Gasteiger partial charge in [-0.25, -0.2) is 9.97 Å². The number of aryl methyl sites for hydroxylation is 7.